The van der Waals surface area contributed by atoms with E-state index in [4.69, 9.17) is 0 Å². The van der Waals surface area contributed by atoms with E-state index in [9.17, 15) is 4.79 Å². The lowest BCUT2D eigenvalue weighted by Crippen LogP contribution is -2.14. The average molecular weight is 305 g/mol. The van der Waals surface area contributed by atoms with Crippen LogP contribution in [0.15, 0.2) is 34.7 Å². The highest BCUT2D eigenvalue weighted by Crippen LogP contribution is 2.48. The summed E-state index contributed by atoms with van der Waals surface area (Å²) in [5, 5.41) is 11.5. The van der Waals surface area contributed by atoms with Crippen molar-refractivity contribution < 1.29 is 4.79 Å². The van der Waals surface area contributed by atoms with Crippen molar-refractivity contribution in [3.8, 4) is 0 Å². The molecule has 1 amide bonds. The van der Waals surface area contributed by atoms with Crippen molar-refractivity contribution in [2.24, 2.45) is 5.92 Å². The van der Waals surface area contributed by atoms with Crippen LogP contribution in [0.3, 0.4) is 0 Å². The maximum absolute atomic E-state index is 12.1. The van der Waals surface area contributed by atoms with Crippen LogP contribution in [0.2, 0.25) is 0 Å². The molecule has 0 bridgehead atoms. The Labute approximate surface area is 126 Å². The van der Waals surface area contributed by atoms with Crippen LogP contribution in [0.25, 0.3) is 0 Å². The fourth-order valence-electron chi connectivity index (χ4n) is 2.19. The number of rotatable bonds is 5. The highest BCUT2D eigenvalue weighted by Gasteiger charge is 2.44. The van der Waals surface area contributed by atoms with E-state index in [1.165, 1.54) is 16.9 Å². The molecule has 1 heterocycles. The van der Waals surface area contributed by atoms with Gasteiger partial charge in [0, 0.05) is 5.92 Å². The van der Waals surface area contributed by atoms with Crippen LogP contribution in [0.5, 0.6) is 0 Å². The fraction of sp³-hybridized carbons (Fsp3) is 0.357. The molecular weight excluding hydrogens is 290 g/mol. The Morgan fingerprint density at radius 1 is 1.40 bits per heavy atom. The van der Waals surface area contributed by atoms with Crippen LogP contribution in [-0.2, 0) is 4.79 Å². The summed E-state index contributed by atoms with van der Waals surface area (Å²) in [6.07, 6.45) is 0.922. The summed E-state index contributed by atoms with van der Waals surface area (Å²) in [4.78, 5) is 12.1. The summed E-state index contributed by atoms with van der Waals surface area (Å²) in [7, 11) is 0. The molecule has 1 aliphatic rings. The summed E-state index contributed by atoms with van der Waals surface area (Å²) in [5.74, 6) is 1.45. The lowest BCUT2D eigenvalue weighted by molar-refractivity contribution is -0.117. The molecule has 0 unspecified atom stereocenters. The molecule has 2 atom stereocenters. The zero-order valence-corrected chi connectivity index (χ0v) is 12.7. The Morgan fingerprint density at radius 2 is 2.20 bits per heavy atom. The topological polar surface area (TPSA) is 54.9 Å². The van der Waals surface area contributed by atoms with Crippen LogP contribution in [-0.4, -0.2) is 21.9 Å². The number of benzene rings is 1. The molecule has 4 nitrogen and oxygen atoms in total. The van der Waals surface area contributed by atoms with Crippen molar-refractivity contribution in [2.45, 2.75) is 23.6 Å². The summed E-state index contributed by atoms with van der Waals surface area (Å²) in [6.45, 7) is 2.07. The Kier molecular flexibility index (Phi) is 4.03. The molecule has 6 heteroatoms. The van der Waals surface area contributed by atoms with Gasteiger partial charge >= 0.3 is 0 Å². The van der Waals surface area contributed by atoms with Gasteiger partial charge in [-0.1, -0.05) is 60.4 Å². The number of carbonyl (C=O) groups is 1. The van der Waals surface area contributed by atoms with Crippen LogP contribution in [0.1, 0.15) is 24.8 Å². The van der Waals surface area contributed by atoms with E-state index >= 15 is 0 Å². The maximum atomic E-state index is 12.1. The number of hydrogen-bond acceptors (Lipinski definition) is 5. The Bertz CT molecular complexity index is 599. The lowest BCUT2D eigenvalue weighted by Gasteiger charge is -2.00. The van der Waals surface area contributed by atoms with E-state index in [1.54, 1.807) is 11.8 Å². The Balaban J connectivity index is 1.58. The molecule has 1 aromatic carbocycles. The molecule has 104 valence electrons. The quantitative estimate of drug-likeness (QED) is 0.679. The number of thioether (sulfide) groups is 1. The van der Waals surface area contributed by atoms with E-state index < -0.39 is 0 Å². The van der Waals surface area contributed by atoms with Gasteiger partial charge in [0.1, 0.15) is 0 Å². The minimum atomic E-state index is 0.0584. The van der Waals surface area contributed by atoms with Gasteiger partial charge in [-0.3, -0.25) is 4.79 Å². The molecule has 2 aromatic rings. The molecule has 1 aliphatic carbocycles. The highest BCUT2D eigenvalue weighted by atomic mass is 32.2. The zero-order chi connectivity index (χ0) is 13.9. The summed E-state index contributed by atoms with van der Waals surface area (Å²) < 4.78 is 0.901. The van der Waals surface area contributed by atoms with E-state index in [0.29, 0.717) is 11.0 Å². The summed E-state index contributed by atoms with van der Waals surface area (Å²) in [6, 6.07) is 10.2. The van der Waals surface area contributed by atoms with Crippen molar-refractivity contribution in [3.05, 3.63) is 35.9 Å². The lowest BCUT2D eigenvalue weighted by atomic mass is 10.1. The van der Waals surface area contributed by atoms with Crippen molar-refractivity contribution in [1.82, 2.24) is 10.2 Å². The minimum absolute atomic E-state index is 0.0584. The van der Waals surface area contributed by atoms with Gasteiger partial charge in [0.15, 0.2) is 4.34 Å². The maximum Gasteiger partial charge on any atom is 0.229 e. The molecule has 1 N–H and O–H groups in total. The smallest absolute Gasteiger partial charge is 0.229 e. The molecule has 0 saturated heterocycles. The van der Waals surface area contributed by atoms with Gasteiger partial charge in [-0.15, -0.1) is 10.2 Å². The van der Waals surface area contributed by atoms with E-state index in [0.717, 1.165) is 16.5 Å². The second kappa shape index (κ2) is 5.93. The number of carbonyl (C=O) groups excluding carboxylic acids is 1. The van der Waals surface area contributed by atoms with Crippen molar-refractivity contribution in [2.75, 3.05) is 11.1 Å². The van der Waals surface area contributed by atoms with Gasteiger partial charge in [0.25, 0.3) is 0 Å². The van der Waals surface area contributed by atoms with Crippen molar-refractivity contribution >= 4 is 34.1 Å². The molecule has 0 spiro atoms. The fourth-order valence-corrected chi connectivity index (χ4v) is 3.85. The third-order valence-electron chi connectivity index (χ3n) is 3.26. The predicted octanol–water partition coefficient (Wildman–Crippen LogP) is 3.39. The molecule has 20 heavy (non-hydrogen) atoms. The standard InChI is InChI=1S/C14H15N3OS2/c1-2-19-14-17-16-13(20-14)15-12(18)11-8-10(11)9-6-4-3-5-7-9/h3-7,10-11H,2,8H2,1H3,(H,15,16,18)/t10-,11+/m1/s1. The normalized spacial score (nSPS) is 20.6. The van der Waals surface area contributed by atoms with E-state index in [2.05, 4.69) is 34.6 Å². The first-order valence-corrected chi connectivity index (χ1v) is 8.40. The van der Waals surface area contributed by atoms with Gasteiger partial charge in [-0.05, 0) is 23.7 Å². The molecular formula is C14H15N3OS2. The molecule has 3 rings (SSSR count). The largest absolute Gasteiger partial charge is 0.300 e. The van der Waals surface area contributed by atoms with Gasteiger partial charge in [-0.25, -0.2) is 0 Å². The average Bonchev–Trinajstić information content (AvgIpc) is 3.16. The molecule has 0 aliphatic heterocycles. The third kappa shape index (κ3) is 3.02. The molecule has 1 saturated carbocycles. The highest BCUT2D eigenvalue weighted by molar-refractivity contribution is 8.01. The molecule has 0 radical (unpaired) electrons. The van der Waals surface area contributed by atoms with E-state index in [-0.39, 0.29) is 11.8 Å². The number of hydrogen-bond donors (Lipinski definition) is 1. The number of nitrogens with zero attached hydrogens (tertiary/aromatic N) is 2. The van der Waals surface area contributed by atoms with Crippen LogP contribution in [0.4, 0.5) is 5.13 Å². The third-order valence-corrected chi connectivity index (χ3v) is 5.11. The van der Waals surface area contributed by atoms with Gasteiger partial charge in [0.2, 0.25) is 11.0 Å². The Morgan fingerprint density at radius 3 is 2.95 bits per heavy atom. The molecule has 1 aromatic heterocycles. The van der Waals surface area contributed by atoms with Crippen LogP contribution < -0.4 is 5.32 Å². The van der Waals surface area contributed by atoms with Crippen LogP contribution in [0, 0.1) is 5.92 Å². The van der Waals surface area contributed by atoms with Gasteiger partial charge < -0.3 is 5.32 Å². The van der Waals surface area contributed by atoms with Crippen molar-refractivity contribution in [3.63, 3.8) is 0 Å². The number of aromatic nitrogens is 2. The first-order valence-electron chi connectivity index (χ1n) is 6.60. The number of amides is 1. The van der Waals surface area contributed by atoms with E-state index in [1.807, 2.05) is 18.2 Å². The SMILES string of the molecule is CCSc1nnc(NC(=O)[C@H]2C[C@@H]2c2ccccc2)s1. The first-order chi connectivity index (χ1) is 9.78. The minimum Gasteiger partial charge on any atom is -0.300 e. The zero-order valence-electron chi connectivity index (χ0n) is 11.1. The Hall–Kier alpha value is -1.40. The second-order valence-corrected chi connectivity index (χ2v) is 7.14. The predicted molar refractivity (Wildman–Crippen MR) is 82.2 cm³/mol. The van der Waals surface area contributed by atoms with Gasteiger partial charge in [-0.2, -0.15) is 0 Å². The van der Waals surface area contributed by atoms with Gasteiger partial charge in [0.05, 0.1) is 0 Å². The summed E-state index contributed by atoms with van der Waals surface area (Å²) >= 11 is 3.08. The first kappa shape index (κ1) is 13.6. The number of anilines is 1. The second-order valence-electron chi connectivity index (χ2n) is 4.65. The molecule has 1 fully saturated rings. The van der Waals surface area contributed by atoms with Crippen molar-refractivity contribution in [1.29, 1.82) is 0 Å². The number of nitrogens with one attached hydrogen (secondary N) is 1. The monoisotopic (exact) mass is 305 g/mol. The van der Waals surface area contributed by atoms with Crippen LogP contribution >= 0.6 is 23.1 Å². The summed E-state index contributed by atoms with van der Waals surface area (Å²) in [5.41, 5.74) is 1.24.